The molecule has 0 bridgehead atoms. The van der Waals surface area contributed by atoms with Crippen LogP contribution in [-0.4, -0.2) is 45.5 Å². The van der Waals surface area contributed by atoms with Crippen molar-refractivity contribution in [1.29, 1.82) is 0 Å². The van der Waals surface area contributed by atoms with E-state index in [4.69, 9.17) is 5.11 Å². The van der Waals surface area contributed by atoms with Crippen molar-refractivity contribution in [3.8, 4) is 0 Å². The van der Waals surface area contributed by atoms with Gasteiger partial charge in [0.05, 0.1) is 11.9 Å². The van der Waals surface area contributed by atoms with Crippen molar-refractivity contribution >= 4 is 29.5 Å². The van der Waals surface area contributed by atoms with Crippen LogP contribution in [0.5, 0.6) is 0 Å². The first-order chi connectivity index (χ1) is 11.5. The molecule has 1 heterocycles. The quantitative estimate of drug-likeness (QED) is 0.786. The molecule has 0 aromatic heterocycles. The maximum absolute atomic E-state index is 12.6. The summed E-state index contributed by atoms with van der Waals surface area (Å²) in [6.45, 7) is 1.78. The third-order valence-electron chi connectivity index (χ3n) is 3.97. The van der Waals surface area contributed by atoms with E-state index in [1.807, 2.05) is 30.3 Å². The van der Waals surface area contributed by atoms with Crippen LogP contribution in [0.25, 0.3) is 0 Å². The number of nitrogens with one attached hydrogen (secondary N) is 1. The van der Waals surface area contributed by atoms with Crippen molar-refractivity contribution in [3.63, 3.8) is 0 Å². The summed E-state index contributed by atoms with van der Waals surface area (Å²) in [7, 11) is 0. The molecule has 7 heteroatoms. The Morgan fingerprint density at radius 2 is 2.04 bits per heavy atom. The SMILES string of the molecule is CCC(=O)N1CSCC1C(=O)NC(CCC(=O)O)c1ccccc1. The largest absolute Gasteiger partial charge is 0.481 e. The summed E-state index contributed by atoms with van der Waals surface area (Å²) in [5.74, 6) is -0.0687. The molecule has 2 unspecified atom stereocenters. The number of nitrogens with zero attached hydrogens (tertiary/aromatic N) is 1. The van der Waals surface area contributed by atoms with Gasteiger partial charge in [0.15, 0.2) is 0 Å². The molecule has 1 fully saturated rings. The van der Waals surface area contributed by atoms with Gasteiger partial charge in [0, 0.05) is 18.6 Å². The van der Waals surface area contributed by atoms with Crippen LogP contribution < -0.4 is 5.32 Å². The molecule has 6 nitrogen and oxygen atoms in total. The zero-order chi connectivity index (χ0) is 17.5. The van der Waals surface area contributed by atoms with Gasteiger partial charge in [0.1, 0.15) is 6.04 Å². The van der Waals surface area contributed by atoms with Crippen LogP contribution in [0.4, 0.5) is 0 Å². The second-order valence-electron chi connectivity index (χ2n) is 5.64. The molecule has 0 saturated carbocycles. The standard InChI is InChI=1S/C17H22N2O4S/c1-2-15(20)19-11-24-10-14(19)17(23)18-13(8-9-16(21)22)12-6-4-3-5-7-12/h3-7,13-14H,2,8-11H2,1H3,(H,18,23)(H,21,22). The average Bonchev–Trinajstić information content (AvgIpc) is 3.08. The van der Waals surface area contributed by atoms with E-state index >= 15 is 0 Å². The van der Waals surface area contributed by atoms with Crippen LogP contribution in [-0.2, 0) is 14.4 Å². The van der Waals surface area contributed by atoms with Crippen molar-refractivity contribution in [2.24, 2.45) is 0 Å². The van der Waals surface area contributed by atoms with Gasteiger partial charge in [-0.1, -0.05) is 37.3 Å². The molecule has 1 aromatic rings. The summed E-state index contributed by atoms with van der Waals surface area (Å²) in [6, 6.07) is 8.45. The molecule has 1 saturated heterocycles. The lowest BCUT2D eigenvalue weighted by atomic mass is 10.0. The lowest BCUT2D eigenvalue weighted by Gasteiger charge is -2.26. The Bertz CT molecular complexity index is 594. The average molecular weight is 350 g/mol. The molecule has 0 aliphatic carbocycles. The van der Waals surface area contributed by atoms with E-state index in [-0.39, 0.29) is 24.3 Å². The Labute approximate surface area is 145 Å². The van der Waals surface area contributed by atoms with Gasteiger partial charge in [-0.05, 0) is 12.0 Å². The van der Waals surface area contributed by atoms with Crippen LogP contribution in [0.15, 0.2) is 30.3 Å². The number of amides is 2. The van der Waals surface area contributed by atoms with Gasteiger partial charge >= 0.3 is 5.97 Å². The third-order valence-corrected chi connectivity index (χ3v) is 4.99. The minimum Gasteiger partial charge on any atom is -0.481 e. The Kier molecular flexibility index (Phi) is 6.66. The van der Waals surface area contributed by atoms with Crippen molar-refractivity contribution in [2.45, 2.75) is 38.3 Å². The van der Waals surface area contributed by atoms with E-state index in [0.717, 1.165) is 5.56 Å². The number of carbonyl (C=O) groups is 3. The first-order valence-electron chi connectivity index (χ1n) is 7.97. The van der Waals surface area contributed by atoms with Crippen LogP contribution in [0.2, 0.25) is 0 Å². The van der Waals surface area contributed by atoms with Crippen LogP contribution in [0.3, 0.4) is 0 Å². The maximum Gasteiger partial charge on any atom is 0.303 e. The summed E-state index contributed by atoms with van der Waals surface area (Å²) in [4.78, 5) is 37.1. The number of rotatable bonds is 7. The van der Waals surface area contributed by atoms with Crippen LogP contribution in [0, 0.1) is 0 Å². The number of carboxylic acids is 1. The molecule has 2 rings (SSSR count). The number of benzene rings is 1. The lowest BCUT2D eigenvalue weighted by Crippen LogP contribution is -2.48. The molecular weight excluding hydrogens is 328 g/mol. The number of thioether (sulfide) groups is 1. The zero-order valence-electron chi connectivity index (χ0n) is 13.6. The topological polar surface area (TPSA) is 86.7 Å². The van der Waals surface area contributed by atoms with E-state index in [9.17, 15) is 14.4 Å². The Morgan fingerprint density at radius 1 is 1.33 bits per heavy atom. The number of hydrogen-bond acceptors (Lipinski definition) is 4. The molecule has 0 radical (unpaired) electrons. The molecule has 2 amide bonds. The summed E-state index contributed by atoms with van der Waals surface area (Å²) in [5.41, 5.74) is 0.867. The van der Waals surface area contributed by atoms with Gasteiger partial charge < -0.3 is 15.3 Å². The van der Waals surface area contributed by atoms with Gasteiger partial charge in [-0.2, -0.15) is 0 Å². The number of hydrogen-bond donors (Lipinski definition) is 2. The van der Waals surface area contributed by atoms with Gasteiger partial charge in [-0.25, -0.2) is 0 Å². The fourth-order valence-corrected chi connectivity index (χ4v) is 3.83. The van der Waals surface area contributed by atoms with E-state index < -0.39 is 12.0 Å². The fraction of sp³-hybridized carbons (Fsp3) is 0.471. The highest BCUT2D eigenvalue weighted by Gasteiger charge is 2.34. The monoisotopic (exact) mass is 350 g/mol. The Morgan fingerprint density at radius 3 is 2.67 bits per heavy atom. The predicted molar refractivity (Wildman–Crippen MR) is 92.4 cm³/mol. The molecule has 2 N–H and O–H groups in total. The van der Waals surface area contributed by atoms with Crippen LogP contribution in [0.1, 0.15) is 37.8 Å². The highest BCUT2D eigenvalue weighted by atomic mass is 32.2. The number of aliphatic carboxylic acids is 1. The Hall–Kier alpha value is -2.02. The molecule has 130 valence electrons. The molecule has 1 aliphatic rings. The van der Waals surface area contributed by atoms with Gasteiger partial charge in [-0.3, -0.25) is 14.4 Å². The van der Waals surface area contributed by atoms with Gasteiger partial charge in [0.25, 0.3) is 0 Å². The molecule has 24 heavy (non-hydrogen) atoms. The minimum absolute atomic E-state index is 0.0309. The third kappa shape index (κ3) is 4.74. The van der Waals surface area contributed by atoms with Crippen LogP contribution >= 0.6 is 11.8 Å². The maximum atomic E-state index is 12.6. The fourth-order valence-electron chi connectivity index (χ4n) is 2.65. The molecule has 2 atom stereocenters. The number of carboxylic acid groups (broad SMARTS) is 1. The van der Waals surface area contributed by atoms with E-state index in [1.165, 1.54) is 0 Å². The zero-order valence-corrected chi connectivity index (χ0v) is 14.4. The summed E-state index contributed by atoms with van der Waals surface area (Å²) in [5, 5.41) is 11.9. The minimum atomic E-state index is -0.899. The normalized spacial score (nSPS) is 18.2. The smallest absolute Gasteiger partial charge is 0.303 e. The molecule has 0 spiro atoms. The summed E-state index contributed by atoms with van der Waals surface area (Å²) < 4.78 is 0. The summed E-state index contributed by atoms with van der Waals surface area (Å²) >= 11 is 1.55. The molecule has 1 aromatic carbocycles. The predicted octanol–water partition coefficient (Wildman–Crippen LogP) is 2.02. The first kappa shape index (κ1) is 18.3. The molecular formula is C17H22N2O4S. The van der Waals surface area contributed by atoms with Gasteiger partial charge in [0.2, 0.25) is 11.8 Å². The highest BCUT2D eigenvalue weighted by molar-refractivity contribution is 7.99. The summed E-state index contributed by atoms with van der Waals surface area (Å²) in [6.07, 6.45) is 0.648. The first-order valence-corrected chi connectivity index (χ1v) is 9.12. The second kappa shape index (κ2) is 8.73. The van der Waals surface area contributed by atoms with E-state index in [0.29, 0.717) is 24.5 Å². The Balaban J connectivity index is 2.09. The highest BCUT2D eigenvalue weighted by Crippen LogP contribution is 2.24. The second-order valence-corrected chi connectivity index (χ2v) is 6.64. The molecule has 1 aliphatic heterocycles. The van der Waals surface area contributed by atoms with E-state index in [2.05, 4.69) is 5.32 Å². The number of carbonyl (C=O) groups excluding carboxylic acids is 2. The lowest BCUT2D eigenvalue weighted by molar-refractivity contribution is -0.138. The van der Waals surface area contributed by atoms with Crippen molar-refractivity contribution in [3.05, 3.63) is 35.9 Å². The van der Waals surface area contributed by atoms with Crippen molar-refractivity contribution in [1.82, 2.24) is 10.2 Å². The van der Waals surface area contributed by atoms with E-state index in [1.54, 1.807) is 23.6 Å². The van der Waals surface area contributed by atoms with Gasteiger partial charge in [-0.15, -0.1) is 11.8 Å². The van der Waals surface area contributed by atoms with Crippen molar-refractivity contribution in [2.75, 3.05) is 11.6 Å². The van der Waals surface area contributed by atoms with Crippen molar-refractivity contribution < 1.29 is 19.5 Å².